The molecular formula is C15H20Cl2N2O. The minimum absolute atomic E-state index is 0.0377. The molecule has 1 fully saturated rings. The lowest BCUT2D eigenvalue weighted by Crippen LogP contribution is -2.51. The molecule has 0 radical (unpaired) electrons. The van der Waals surface area contributed by atoms with Gasteiger partial charge in [0.1, 0.15) is 0 Å². The van der Waals surface area contributed by atoms with E-state index in [0.29, 0.717) is 16.0 Å². The smallest absolute Gasteiger partial charge is 0.237 e. The molecule has 3 nitrogen and oxygen atoms in total. The highest BCUT2D eigenvalue weighted by Crippen LogP contribution is 2.26. The third-order valence-electron chi connectivity index (χ3n) is 3.84. The zero-order valence-corrected chi connectivity index (χ0v) is 13.3. The van der Waals surface area contributed by atoms with E-state index in [4.69, 9.17) is 23.2 Å². The quantitative estimate of drug-likeness (QED) is 0.895. The van der Waals surface area contributed by atoms with Crippen molar-refractivity contribution in [3.8, 4) is 0 Å². The first-order valence-electron chi connectivity index (χ1n) is 6.97. The van der Waals surface area contributed by atoms with E-state index in [-0.39, 0.29) is 18.0 Å². The van der Waals surface area contributed by atoms with E-state index >= 15 is 0 Å². The summed E-state index contributed by atoms with van der Waals surface area (Å²) in [7, 11) is 0. The third-order valence-corrected chi connectivity index (χ3v) is 4.40. The van der Waals surface area contributed by atoms with Crippen LogP contribution in [0.2, 0.25) is 10.0 Å². The molecule has 1 aromatic rings. The maximum atomic E-state index is 12.3. The van der Waals surface area contributed by atoms with Crippen LogP contribution < -0.4 is 10.6 Å². The van der Waals surface area contributed by atoms with Crippen LogP contribution in [0.4, 0.5) is 0 Å². The van der Waals surface area contributed by atoms with Gasteiger partial charge in [0.2, 0.25) is 5.91 Å². The van der Waals surface area contributed by atoms with Gasteiger partial charge >= 0.3 is 0 Å². The van der Waals surface area contributed by atoms with Gasteiger partial charge in [0.05, 0.1) is 12.1 Å². The average Bonchev–Trinajstić information content (AvgIpc) is 2.38. The Balaban J connectivity index is 2.03. The van der Waals surface area contributed by atoms with Crippen LogP contribution in [0.1, 0.15) is 38.3 Å². The van der Waals surface area contributed by atoms with Crippen molar-refractivity contribution in [2.75, 3.05) is 6.54 Å². The molecule has 110 valence electrons. The largest absolute Gasteiger partial charge is 0.348 e. The molecule has 2 rings (SSSR count). The fourth-order valence-electron chi connectivity index (χ4n) is 2.63. The lowest BCUT2D eigenvalue weighted by Gasteiger charge is -2.30. The predicted molar refractivity (Wildman–Crippen MR) is 83.2 cm³/mol. The summed E-state index contributed by atoms with van der Waals surface area (Å²) in [5, 5.41) is 7.49. The number of rotatable bonds is 3. The van der Waals surface area contributed by atoms with Crippen LogP contribution in [0.5, 0.6) is 0 Å². The van der Waals surface area contributed by atoms with Gasteiger partial charge in [-0.05, 0) is 49.9 Å². The van der Waals surface area contributed by atoms with Crippen molar-refractivity contribution >= 4 is 29.1 Å². The van der Waals surface area contributed by atoms with Crippen molar-refractivity contribution in [2.24, 2.45) is 5.92 Å². The van der Waals surface area contributed by atoms with Crippen molar-refractivity contribution < 1.29 is 4.79 Å². The van der Waals surface area contributed by atoms with Gasteiger partial charge in [0.25, 0.3) is 0 Å². The second kappa shape index (κ2) is 6.79. The standard InChI is InChI=1S/C15H20Cl2N2O/c1-9-4-3-7-18-14(9)15(20)19-10(2)12-6-5-11(16)8-13(12)17/h5-6,8-10,14,18H,3-4,7H2,1-2H3,(H,19,20). The number of hydrogen-bond donors (Lipinski definition) is 2. The Hall–Kier alpha value is -0.770. The van der Waals surface area contributed by atoms with Crippen molar-refractivity contribution in [3.63, 3.8) is 0 Å². The van der Waals surface area contributed by atoms with Gasteiger partial charge in [-0.3, -0.25) is 4.79 Å². The Morgan fingerprint density at radius 2 is 2.20 bits per heavy atom. The second-order valence-corrected chi connectivity index (χ2v) is 6.29. The summed E-state index contributed by atoms with van der Waals surface area (Å²) < 4.78 is 0. The van der Waals surface area contributed by atoms with Crippen LogP contribution in [-0.4, -0.2) is 18.5 Å². The molecule has 3 unspecified atom stereocenters. The van der Waals surface area contributed by atoms with E-state index in [1.807, 2.05) is 13.0 Å². The van der Waals surface area contributed by atoms with E-state index in [0.717, 1.165) is 24.9 Å². The minimum Gasteiger partial charge on any atom is -0.348 e. The van der Waals surface area contributed by atoms with Crippen molar-refractivity contribution in [1.82, 2.24) is 10.6 Å². The first-order chi connectivity index (χ1) is 9.49. The van der Waals surface area contributed by atoms with Gasteiger partial charge in [0, 0.05) is 10.0 Å². The van der Waals surface area contributed by atoms with Crippen molar-refractivity contribution in [2.45, 2.75) is 38.8 Å². The van der Waals surface area contributed by atoms with Gasteiger partial charge < -0.3 is 10.6 Å². The number of piperidine rings is 1. The third kappa shape index (κ3) is 3.66. The lowest BCUT2D eigenvalue weighted by molar-refractivity contribution is -0.125. The maximum absolute atomic E-state index is 12.3. The summed E-state index contributed by atoms with van der Waals surface area (Å²) in [6.45, 7) is 4.94. The average molecular weight is 315 g/mol. The van der Waals surface area contributed by atoms with E-state index in [9.17, 15) is 4.79 Å². The summed E-state index contributed by atoms with van der Waals surface area (Å²) in [6, 6.07) is 5.09. The number of nitrogens with one attached hydrogen (secondary N) is 2. The summed E-state index contributed by atoms with van der Waals surface area (Å²) in [5.41, 5.74) is 0.882. The molecular weight excluding hydrogens is 295 g/mol. The molecule has 0 saturated carbocycles. The summed E-state index contributed by atoms with van der Waals surface area (Å²) in [6.07, 6.45) is 2.21. The molecule has 1 aliphatic heterocycles. The summed E-state index contributed by atoms with van der Waals surface area (Å²) in [4.78, 5) is 12.3. The number of carbonyl (C=O) groups is 1. The van der Waals surface area contributed by atoms with Crippen LogP contribution in [-0.2, 0) is 4.79 Å². The van der Waals surface area contributed by atoms with Crippen LogP contribution in [0.3, 0.4) is 0 Å². The molecule has 0 aliphatic carbocycles. The van der Waals surface area contributed by atoms with Crippen molar-refractivity contribution in [1.29, 1.82) is 0 Å². The molecule has 5 heteroatoms. The van der Waals surface area contributed by atoms with E-state index in [2.05, 4.69) is 17.6 Å². The molecule has 1 saturated heterocycles. The Kier molecular flexibility index (Phi) is 5.30. The SMILES string of the molecule is CC(NC(=O)C1NCCCC1C)c1ccc(Cl)cc1Cl. The van der Waals surface area contributed by atoms with E-state index < -0.39 is 0 Å². The van der Waals surface area contributed by atoms with Gasteiger partial charge in [-0.25, -0.2) is 0 Å². The van der Waals surface area contributed by atoms with Gasteiger partial charge in [-0.2, -0.15) is 0 Å². The first-order valence-corrected chi connectivity index (χ1v) is 7.73. The van der Waals surface area contributed by atoms with Gasteiger partial charge in [-0.15, -0.1) is 0 Å². The Morgan fingerprint density at radius 3 is 2.85 bits per heavy atom. The zero-order chi connectivity index (χ0) is 14.7. The number of hydrogen-bond acceptors (Lipinski definition) is 2. The fourth-order valence-corrected chi connectivity index (χ4v) is 3.21. The second-order valence-electron chi connectivity index (χ2n) is 5.45. The first kappa shape index (κ1) is 15.6. The van der Waals surface area contributed by atoms with Crippen LogP contribution in [0.15, 0.2) is 18.2 Å². The summed E-state index contributed by atoms with van der Waals surface area (Å²) in [5.74, 6) is 0.396. The Morgan fingerprint density at radius 1 is 1.45 bits per heavy atom. The van der Waals surface area contributed by atoms with Crippen LogP contribution >= 0.6 is 23.2 Å². The van der Waals surface area contributed by atoms with Crippen molar-refractivity contribution in [3.05, 3.63) is 33.8 Å². The fraction of sp³-hybridized carbons (Fsp3) is 0.533. The minimum atomic E-state index is -0.136. The highest BCUT2D eigenvalue weighted by molar-refractivity contribution is 6.35. The Bertz CT molecular complexity index is 493. The molecule has 0 aromatic heterocycles. The normalized spacial score (nSPS) is 24.2. The number of benzene rings is 1. The maximum Gasteiger partial charge on any atom is 0.237 e. The van der Waals surface area contributed by atoms with Gasteiger partial charge in [-0.1, -0.05) is 36.2 Å². The lowest BCUT2D eigenvalue weighted by atomic mass is 9.92. The molecule has 3 atom stereocenters. The number of carbonyl (C=O) groups excluding carboxylic acids is 1. The molecule has 0 spiro atoms. The predicted octanol–water partition coefficient (Wildman–Crippen LogP) is 3.56. The molecule has 1 amide bonds. The van der Waals surface area contributed by atoms with Gasteiger partial charge in [0.15, 0.2) is 0 Å². The molecule has 2 N–H and O–H groups in total. The summed E-state index contributed by atoms with van der Waals surface area (Å²) >= 11 is 12.1. The Labute approximate surface area is 130 Å². The topological polar surface area (TPSA) is 41.1 Å². The monoisotopic (exact) mass is 314 g/mol. The van der Waals surface area contributed by atoms with E-state index in [1.165, 1.54) is 0 Å². The highest BCUT2D eigenvalue weighted by atomic mass is 35.5. The molecule has 0 bridgehead atoms. The highest BCUT2D eigenvalue weighted by Gasteiger charge is 2.28. The molecule has 1 aromatic carbocycles. The number of halogens is 2. The van der Waals surface area contributed by atoms with E-state index in [1.54, 1.807) is 12.1 Å². The molecule has 1 heterocycles. The van der Waals surface area contributed by atoms with Crippen LogP contribution in [0, 0.1) is 5.92 Å². The van der Waals surface area contributed by atoms with Crippen LogP contribution in [0.25, 0.3) is 0 Å². The number of amides is 1. The molecule has 20 heavy (non-hydrogen) atoms. The molecule has 1 aliphatic rings. The zero-order valence-electron chi connectivity index (χ0n) is 11.7.